The van der Waals surface area contributed by atoms with Gasteiger partial charge in [-0.05, 0) is 56.5 Å². The number of ether oxygens (including phenoxy) is 1. The van der Waals surface area contributed by atoms with Gasteiger partial charge in [0.15, 0.2) is 0 Å². The second-order valence-corrected chi connectivity index (χ2v) is 9.64. The molecular formula is C21H27NO4S. The number of sulfonamides is 1. The van der Waals surface area contributed by atoms with Gasteiger partial charge in [-0.25, -0.2) is 13.1 Å². The van der Waals surface area contributed by atoms with Crippen molar-refractivity contribution in [3.63, 3.8) is 0 Å². The first kappa shape index (κ1) is 19.9. The number of hydrogen-bond acceptors (Lipinski definition) is 4. The van der Waals surface area contributed by atoms with Gasteiger partial charge in [0.1, 0.15) is 17.1 Å². The Kier molecular flexibility index (Phi) is 5.89. The monoisotopic (exact) mass is 389 g/mol. The minimum absolute atomic E-state index is 0.525. The molecule has 3 rings (SSSR count). The smallest absolute Gasteiger partial charge is 0.214 e. The SMILES string of the molecule is CC(C)S(=O)(=O)N[C@@H]1CCCC[C@]1(O)c1ccc(Oc2ccccc2)cc1. The fraction of sp³-hybridized carbons (Fsp3) is 0.429. The molecule has 5 nitrogen and oxygen atoms in total. The number of hydrogen-bond donors (Lipinski definition) is 2. The molecule has 0 radical (unpaired) electrons. The summed E-state index contributed by atoms with van der Waals surface area (Å²) in [7, 11) is -3.46. The summed E-state index contributed by atoms with van der Waals surface area (Å²) in [5.41, 5.74) is -0.509. The van der Waals surface area contributed by atoms with Gasteiger partial charge in [-0.15, -0.1) is 0 Å². The Morgan fingerprint density at radius 2 is 1.67 bits per heavy atom. The van der Waals surface area contributed by atoms with Crippen LogP contribution in [0.1, 0.15) is 45.1 Å². The van der Waals surface area contributed by atoms with Gasteiger partial charge >= 0.3 is 0 Å². The highest BCUT2D eigenvalue weighted by atomic mass is 32.2. The van der Waals surface area contributed by atoms with Gasteiger partial charge in [-0.3, -0.25) is 0 Å². The van der Waals surface area contributed by atoms with Crippen molar-refractivity contribution in [2.75, 3.05) is 0 Å². The van der Waals surface area contributed by atoms with Crippen LogP contribution in [0.25, 0.3) is 0 Å². The third-order valence-electron chi connectivity index (χ3n) is 5.14. The van der Waals surface area contributed by atoms with E-state index in [1.165, 1.54) is 0 Å². The van der Waals surface area contributed by atoms with E-state index in [1.54, 1.807) is 13.8 Å². The van der Waals surface area contributed by atoms with E-state index < -0.39 is 26.9 Å². The van der Waals surface area contributed by atoms with Crippen LogP contribution in [0.3, 0.4) is 0 Å². The van der Waals surface area contributed by atoms with E-state index in [1.807, 2.05) is 54.6 Å². The lowest BCUT2D eigenvalue weighted by Gasteiger charge is -2.41. The van der Waals surface area contributed by atoms with Crippen molar-refractivity contribution < 1.29 is 18.3 Å². The van der Waals surface area contributed by atoms with Crippen molar-refractivity contribution in [1.82, 2.24) is 4.72 Å². The lowest BCUT2D eigenvalue weighted by atomic mass is 9.76. The molecule has 146 valence electrons. The molecule has 1 aliphatic rings. The maximum absolute atomic E-state index is 12.3. The van der Waals surface area contributed by atoms with Crippen LogP contribution < -0.4 is 9.46 Å². The highest BCUT2D eigenvalue weighted by Gasteiger charge is 2.42. The van der Waals surface area contributed by atoms with Crippen LogP contribution in [0.15, 0.2) is 54.6 Å². The molecule has 0 saturated heterocycles. The van der Waals surface area contributed by atoms with Crippen molar-refractivity contribution in [3.8, 4) is 11.5 Å². The molecule has 1 aliphatic carbocycles. The molecule has 0 bridgehead atoms. The molecule has 27 heavy (non-hydrogen) atoms. The Bertz CT molecular complexity index is 850. The van der Waals surface area contributed by atoms with Gasteiger partial charge in [-0.2, -0.15) is 0 Å². The molecule has 1 saturated carbocycles. The molecule has 2 N–H and O–H groups in total. The van der Waals surface area contributed by atoms with Gasteiger partial charge < -0.3 is 9.84 Å². The predicted octanol–water partition coefficient (Wildman–Crippen LogP) is 3.94. The number of nitrogens with one attached hydrogen (secondary N) is 1. The van der Waals surface area contributed by atoms with Crippen molar-refractivity contribution in [2.24, 2.45) is 0 Å². The van der Waals surface area contributed by atoms with Gasteiger partial charge in [0.05, 0.1) is 11.3 Å². The third-order valence-corrected chi connectivity index (χ3v) is 6.99. The minimum Gasteiger partial charge on any atom is -0.457 e. The summed E-state index contributed by atoms with van der Waals surface area (Å²) in [4.78, 5) is 0. The molecule has 0 spiro atoms. The van der Waals surface area contributed by atoms with Gasteiger partial charge in [0.2, 0.25) is 10.0 Å². The lowest BCUT2D eigenvalue weighted by molar-refractivity contribution is -0.0250. The molecule has 0 amide bonds. The summed E-state index contributed by atoms with van der Waals surface area (Å²) in [5, 5.41) is 10.8. The van der Waals surface area contributed by atoms with Crippen molar-refractivity contribution in [1.29, 1.82) is 0 Å². The highest BCUT2D eigenvalue weighted by molar-refractivity contribution is 7.90. The van der Waals surface area contributed by atoms with Crippen molar-refractivity contribution >= 4 is 10.0 Å². The Hall–Kier alpha value is -1.89. The molecule has 2 aromatic carbocycles. The summed E-state index contributed by atoms with van der Waals surface area (Å²) in [6.45, 7) is 3.28. The van der Waals surface area contributed by atoms with E-state index >= 15 is 0 Å². The fourth-order valence-corrected chi connectivity index (χ4v) is 4.41. The zero-order valence-corrected chi connectivity index (χ0v) is 16.6. The minimum atomic E-state index is -3.46. The maximum atomic E-state index is 12.3. The average molecular weight is 390 g/mol. The number of rotatable bonds is 6. The van der Waals surface area contributed by atoms with Crippen LogP contribution in [0.4, 0.5) is 0 Å². The summed E-state index contributed by atoms with van der Waals surface area (Å²) in [5.74, 6) is 1.41. The zero-order valence-electron chi connectivity index (χ0n) is 15.8. The van der Waals surface area contributed by atoms with Crippen LogP contribution >= 0.6 is 0 Å². The van der Waals surface area contributed by atoms with Crippen LogP contribution in [0.2, 0.25) is 0 Å². The van der Waals surface area contributed by atoms with Crippen molar-refractivity contribution in [2.45, 2.75) is 56.4 Å². The molecule has 0 heterocycles. The van der Waals surface area contributed by atoms with E-state index in [2.05, 4.69) is 4.72 Å². The van der Waals surface area contributed by atoms with Crippen LogP contribution in [0.5, 0.6) is 11.5 Å². The lowest BCUT2D eigenvalue weighted by Crippen LogP contribution is -2.53. The Morgan fingerprint density at radius 1 is 1.04 bits per heavy atom. The summed E-state index contributed by atoms with van der Waals surface area (Å²) in [6, 6.07) is 16.2. The second kappa shape index (κ2) is 8.00. The van der Waals surface area contributed by atoms with Crippen LogP contribution in [-0.2, 0) is 15.6 Å². The van der Waals surface area contributed by atoms with E-state index in [0.29, 0.717) is 24.2 Å². The maximum Gasteiger partial charge on any atom is 0.214 e. The molecule has 2 aromatic rings. The van der Waals surface area contributed by atoms with E-state index in [-0.39, 0.29) is 0 Å². The quantitative estimate of drug-likeness (QED) is 0.785. The van der Waals surface area contributed by atoms with Gasteiger partial charge in [0.25, 0.3) is 0 Å². The van der Waals surface area contributed by atoms with Crippen LogP contribution in [-0.4, -0.2) is 24.8 Å². The zero-order chi connectivity index (χ0) is 19.5. The van der Waals surface area contributed by atoms with Gasteiger partial charge in [-0.1, -0.05) is 43.2 Å². The largest absolute Gasteiger partial charge is 0.457 e. The van der Waals surface area contributed by atoms with Crippen molar-refractivity contribution in [3.05, 3.63) is 60.2 Å². The summed E-state index contributed by atoms with van der Waals surface area (Å²) in [6.07, 6.45) is 2.89. The molecule has 0 unspecified atom stereocenters. The first-order valence-electron chi connectivity index (χ1n) is 9.38. The first-order valence-corrected chi connectivity index (χ1v) is 10.9. The fourth-order valence-electron chi connectivity index (χ4n) is 3.43. The summed E-state index contributed by atoms with van der Waals surface area (Å²) >= 11 is 0. The Labute approximate surface area is 161 Å². The molecule has 0 aliphatic heterocycles. The molecule has 6 heteroatoms. The number of benzene rings is 2. The standard InChI is InChI=1S/C21H27NO4S/c1-16(2)27(24,25)22-20-10-6-7-15-21(20,23)17-11-13-19(14-12-17)26-18-8-4-3-5-9-18/h3-5,8-9,11-14,16,20,22-23H,6-7,10,15H2,1-2H3/t20-,21+/m1/s1. The van der Waals surface area contributed by atoms with E-state index in [0.717, 1.165) is 18.6 Å². The second-order valence-electron chi connectivity index (χ2n) is 7.37. The van der Waals surface area contributed by atoms with Crippen LogP contribution in [0, 0.1) is 0 Å². The highest BCUT2D eigenvalue weighted by Crippen LogP contribution is 2.38. The Morgan fingerprint density at radius 3 is 2.30 bits per heavy atom. The van der Waals surface area contributed by atoms with E-state index in [9.17, 15) is 13.5 Å². The molecule has 0 aromatic heterocycles. The Balaban J connectivity index is 1.81. The van der Waals surface area contributed by atoms with E-state index in [4.69, 9.17) is 4.74 Å². The molecule has 2 atom stereocenters. The molecular weight excluding hydrogens is 362 g/mol. The summed E-state index contributed by atoms with van der Waals surface area (Å²) < 4.78 is 33.2. The average Bonchev–Trinajstić information content (AvgIpc) is 2.65. The predicted molar refractivity (Wildman–Crippen MR) is 106 cm³/mol. The molecule has 1 fully saturated rings. The van der Waals surface area contributed by atoms with Gasteiger partial charge in [0, 0.05) is 0 Å². The number of para-hydroxylation sites is 1. The number of aliphatic hydroxyl groups is 1. The normalized spacial score (nSPS) is 23.3. The first-order chi connectivity index (χ1) is 12.8. The third kappa shape index (κ3) is 4.51. The topological polar surface area (TPSA) is 75.6 Å².